The van der Waals surface area contributed by atoms with Gasteiger partial charge in [0.15, 0.2) is 0 Å². The van der Waals surface area contributed by atoms with Crippen LogP contribution in [0.1, 0.15) is 6.92 Å². The van der Waals surface area contributed by atoms with Crippen LogP contribution in [0.4, 0.5) is 0 Å². The number of rotatable bonds is 5. The molecule has 0 spiro atoms. The van der Waals surface area contributed by atoms with Gasteiger partial charge in [0.05, 0.1) is 12.9 Å². The number of esters is 1. The first-order valence-corrected chi connectivity index (χ1v) is 7.71. The first kappa shape index (κ1) is 15.1. The summed E-state index contributed by atoms with van der Waals surface area (Å²) in [7, 11) is -3.11. The van der Waals surface area contributed by atoms with Gasteiger partial charge in [0.1, 0.15) is 0 Å². The maximum Gasteiger partial charge on any atom is 0.334 e. The van der Waals surface area contributed by atoms with Crippen LogP contribution in [0.2, 0.25) is 0 Å². The molecule has 18 heavy (non-hydrogen) atoms. The van der Waals surface area contributed by atoms with Gasteiger partial charge in [0.25, 0.3) is 0 Å². The van der Waals surface area contributed by atoms with Crippen molar-refractivity contribution >= 4 is 16.0 Å². The van der Waals surface area contributed by atoms with Gasteiger partial charge in [0.2, 0.25) is 10.0 Å². The molecule has 7 heteroatoms. The quantitative estimate of drug-likeness (QED) is 0.509. The second-order valence-corrected chi connectivity index (χ2v) is 6.24. The molecule has 0 amide bonds. The third-order valence-electron chi connectivity index (χ3n) is 2.78. The van der Waals surface area contributed by atoms with E-state index in [2.05, 4.69) is 6.58 Å². The van der Waals surface area contributed by atoms with Crippen LogP contribution in [0, 0.1) is 0 Å². The maximum absolute atomic E-state index is 11.4. The highest BCUT2D eigenvalue weighted by Crippen LogP contribution is 2.08. The number of ether oxygens (including phenoxy) is 1. The average molecular weight is 276 g/mol. The molecule has 104 valence electrons. The van der Waals surface area contributed by atoms with E-state index < -0.39 is 10.0 Å². The van der Waals surface area contributed by atoms with Crippen molar-refractivity contribution in [2.75, 3.05) is 45.6 Å². The largest absolute Gasteiger partial charge is 0.463 e. The standard InChI is InChI=1S/C11H20N2O4S/c1-4-17-11(14)10(2)9-12-5-7-13(8-6-12)18(3,15)16/h2,4-9H2,1,3H3. The lowest BCUT2D eigenvalue weighted by Gasteiger charge is -2.33. The molecular formula is C11H20N2O4S. The highest BCUT2D eigenvalue weighted by atomic mass is 32.2. The van der Waals surface area contributed by atoms with Gasteiger partial charge in [-0.15, -0.1) is 0 Å². The van der Waals surface area contributed by atoms with Crippen LogP contribution in [0.5, 0.6) is 0 Å². The molecule has 0 N–H and O–H groups in total. The molecule has 1 fully saturated rings. The van der Waals surface area contributed by atoms with Crippen LogP contribution < -0.4 is 0 Å². The van der Waals surface area contributed by atoms with Crippen LogP contribution in [-0.2, 0) is 19.6 Å². The first-order valence-electron chi connectivity index (χ1n) is 5.87. The lowest BCUT2D eigenvalue weighted by atomic mass is 10.2. The van der Waals surface area contributed by atoms with Gasteiger partial charge < -0.3 is 4.74 Å². The van der Waals surface area contributed by atoms with E-state index in [-0.39, 0.29) is 5.97 Å². The summed E-state index contributed by atoms with van der Waals surface area (Å²) in [6, 6.07) is 0. The highest BCUT2D eigenvalue weighted by molar-refractivity contribution is 7.88. The smallest absolute Gasteiger partial charge is 0.334 e. The van der Waals surface area contributed by atoms with E-state index >= 15 is 0 Å². The number of sulfonamides is 1. The summed E-state index contributed by atoms with van der Waals surface area (Å²) < 4.78 is 28.9. The van der Waals surface area contributed by atoms with Crippen LogP contribution in [-0.4, -0.2) is 69.2 Å². The third kappa shape index (κ3) is 4.40. The molecule has 1 saturated heterocycles. The first-order chi connectivity index (χ1) is 8.34. The number of hydrogen-bond donors (Lipinski definition) is 0. The molecule has 1 rings (SSSR count). The van der Waals surface area contributed by atoms with Crippen molar-refractivity contribution in [2.45, 2.75) is 6.92 Å². The van der Waals surface area contributed by atoms with Crippen LogP contribution in [0.25, 0.3) is 0 Å². The second kappa shape index (κ2) is 6.31. The van der Waals surface area contributed by atoms with E-state index in [1.807, 2.05) is 4.90 Å². The van der Waals surface area contributed by atoms with E-state index in [1.54, 1.807) is 6.92 Å². The zero-order valence-corrected chi connectivity index (χ0v) is 11.7. The number of nitrogens with zero attached hydrogens (tertiary/aromatic N) is 2. The fraction of sp³-hybridized carbons (Fsp3) is 0.727. The summed E-state index contributed by atoms with van der Waals surface area (Å²) in [5, 5.41) is 0. The Hall–Kier alpha value is -0.920. The molecule has 0 aromatic heterocycles. The number of carbonyl (C=O) groups excluding carboxylic acids is 1. The Bertz CT molecular complexity index is 411. The Morgan fingerprint density at radius 3 is 2.28 bits per heavy atom. The highest BCUT2D eigenvalue weighted by Gasteiger charge is 2.24. The zero-order chi connectivity index (χ0) is 13.8. The van der Waals surface area contributed by atoms with E-state index in [9.17, 15) is 13.2 Å². The number of piperazine rings is 1. The summed E-state index contributed by atoms with van der Waals surface area (Å²) in [4.78, 5) is 13.4. The van der Waals surface area contributed by atoms with Crippen LogP contribution >= 0.6 is 0 Å². The predicted octanol–water partition coefficient (Wildman–Crippen LogP) is -0.317. The molecule has 0 bridgehead atoms. The molecule has 0 aromatic carbocycles. The summed E-state index contributed by atoms with van der Waals surface area (Å²) in [5.74, 6) is -0.386. The zero-order valence-electron chi connectivity index (χ0n) is 10.9. The van der Waals surface area contributed by atoms with E-state index in [0.29, 0.717) is 44.9 Å². The summed E-state index contributed by atoms with van der Waals surface area (Å²) in [5.41, 5.74) is 0.407. The Labute approximate surface area is 108 Å². The average Bonchev–Trinajstić information content (AvgIpc) is 2.28. The molecule has 1 heterocycles. The van der Waals surface area contributed by atoms with Crippen molar-refractivity contribution in [2.24, 2.45) is 0 Å². The monoisotopic (exact) mass is 276 g/mol. The number of carbonyl (C=O) groups is 1. The SMILES string of the molecule is C=C(CN1CCN(S(C)(=O)=O)CC1)C(=O)OCC. The van der Waals surface area contributed by atoms with Crippen molar-refractivity contribution in [3.8, 4) is 0 Å². The fourth-order valence-corrected chi connectivity index (χ4v) is 2.61. The minimum Gasteiger partial charge on any atom is -0.463 e. The lowest BCUT2D eigenvalue weighted by molar-refractivity contribution is -0.138. The minimum atomic E-state index is -3.11. The topological polar surface area (TPSA) is 66.9 Å². The van der Waals surface area contributed by atoms with Gasteiger partial charge in [-0.1, -0.05) is 6.58 Å². The summed E-state index contributed by atoms with van der Waals surface area (Å²) in [6.45, 7) is 8.31. The molecule has 1 aliphatic heterocycles. The van der Waals surface area contributed by atoms with E-state index in [4.69, 9.17) is 4.74 Å². The third-order valence-corrected chi connectivity index (χ3v) is 4.08. The van der Waals surface area contributed by atoms with Crippen LogP contribution in [0.3, 0.4) is 0 Å². The van der Waals surface area contributed by atoms with Crippen molar-refractivity contribution in [3.05, 3.63) is 12.2 Å². The van der Waals surface area contributed by atoms with Gasteiger partial charge in [-0.25, -0.2) is 13.2 Å². The molecule has 1 aliphatic rings. The Morgan fingerprint density at radius 2 is 1.83 bits per heavy atom. The molecule has 0 aromatic rings. The van der Waals surface area contributed by atoms with Gasteiger partial charge in [-0.3, -0.25) is 4.90 Å². The molecule has 0 saturated carbocycles. The Kier molecular flexibility index (Phi) is 5.30. The molecule has 0 aliphatic carbocycles. The van der Waals surface area contributed by atoms with Crippen molar-refractivity contribution in [1.82, 2.24) is 9.21 Å². The normalized spacial score (nSPS) is 18.6. The predicted molar refractivity (Wildman–Crippen MR) is 68.6 cm³/mol. The molecule has 0 radical (unpaired) electrons. The van der Waals surface area contributed by atoms with Crippen molar-refractivity contribution in [3.63, 3.8) is 0 Å². The Morgan fingerprint density at radius 1 is 1.28 bits per heavy atom. The summed E-state index contributed by atoms with van der Waals surface area (Å²) in [6.07, 6.45) is 1.21. The minimum absolute atomic E-state index is 0.333. The van der Waals surface area contributed by atoms with Crippen molar-refractivity contribution < 1.29 is 17.9 Å². The van der Waals surface area contributed by atoms with Gasteiger partial charge in [-0.2, -0.15) is 4.31 Å². The molecular weight excluding hydrogens is 256 g/mol. The van der Waals surface area contributed by atoms with Gasteiger partial charge >= 0.3 is 5.97 Å². The molecule has 6 nitrogen and oxygen atoms in total. The summed E-state index contributed by atoms with van der Waals surface area (Å²) >= 11 is 0. The lowest BCUT2D eigenvalue weighted by Crippen LogP contribution is -2.48. The number of hydrogen-bond acceptors (Lipinski definition) is 5. The fourth-order valence-electron chi connectivity index (χ4n) is 1.79. The van der Waals surface area contributed by atoms with E-state index in [1.165, 1.54) is 10.6 Å². The van der Waals surface area contributed by atoms with Crippen LogP contribution in [0.15, 0.2) is 12.2 Å². The van der Waals surface area contributed by atoms with E-state index in [0.717, 1.165) is 0 Å². The van der Waals surface area contributed by atoms with Gasteiger partial charge in [0, 0.05) is 38.3 Å². The van der Waals surface area contributed by atoms with Gasteiger partial charge in [-0.05, 0) is 6.92 Å². The molecule has 0 atom stereocenters. The van der Waals surface area contributed by atoms with Crippen molar-refractivity contribution in [1.29, 1.82) is 0 Å². The maximum atomic E-state index is 11.4. The molecule has 0 unspecified atom stereocenters. The Balaban J connectivity index is 2.40. The second-order valence-electron chi connectivity index (χ2n) is 4.26.